The van der Waals surface area contributed by atoms with E-state index in [1.165, 1.54) is 12.1 Å². The van der Waals surface area contributed by atoms with Gasteiger partial charge in [0.1, 0.15) is 5.25 Å². The number of anilines is 1. The van der Waals surface area contributed by atoms with Crippen LogP contribution in [0.5, 0.6) is 0 Å². The molecule has 28 heavy (non-hydrogen) atoms. The van der Waals surface area contributed by atoms with Gasteiger partial charge in [-0.25, -0.2) is 0 Å². The average molecular weight is 414 g/mol. The number of rotatable bonds is 6. The number of nitrogens with one attached hydrogen (secondary N) is 2. The van der Waals surface area contributed by atoms with Crippen molar-refractivity contribution in [3.05, 3.63) is 29.8 Å². The highest BCUT2D eigenvalue weighted by molar-refractivity contribution is 8.15. The summed E-state index contributed by atoms with van der Waals surface area (Å²) in [4.78, 5) is 24.1. The smallest absolute Gasteiger partial charge is 0.326 e. The largest absolute Gasteiger partial charge is 0.416 e. The van der Waals surface area contributed by atoms with E-state index in [0.717, 1.165) is 36.0 Å². The monoisotopic (exact) mass is 414 g/mol. The molecule has 1 aromatic carbocycles. The lowest BCUT2D eigenvalue weighted by atomic mass is 10.1. The second-order valence-corrected chi connectivity index (χ2v) is 7.96. The van der Waals surface area contributed by atoms with E-state index in [2.05, 4.69) is 34.7 Å². The molecule has 2 N–H and O–H groups in total. The maximum Gasteiger partial charge on any atom is 0.416 e. The number of amidine groups is 1. The predicted octanol–water partition coefficient (Wildman–Crippen LogP) is 4.04. The van der Waals surface area contributed by atoms with Gasteiger partial charge >= 0.3 is 6.18 Å². The van der Waals surface area contributed by atoms with E-state index in [1.54, 1.807) is 0 Å². The molecule has 0 unspecified atom stereocenters. The van der Waals surface area contributed by atoms with Crippen molar-refractivity contribution in [2.45, 2.75) is 45.0 Å². The molecule has 6 nitrogen and oxygen atoms in total. The van der Waals surface area contributed by atoms with Crippen LogP contribution in [0.4, 0.5) is 18.9 Å². The third kappa shape index (κ3) is 6.66. The molecule has 1 atom stereocenters. The van der Waals surface area contributed by atoms with Crippen molar-refractivity contribution in [3.63, 3.8) is 0 Å². The zero-order chi connectivity index (χ0) is 20.9. The molecule has 1 fully saturated rings. The zero-order valence-corrected chi connectivity index (χ0v) is 16.4. The van der Waals surface area contributed by atoms with Crippen molar-refractivity contribution >= 4 is 40.1 Å². The fourth-order valence-electron chi connectivity index (χ4n) is 2.50. The van der Waals surface area contributed by atoms with Crippen molar-refractivity contribution in [3.8, 4) is 0 Å². The van der Waals surface area contributed by atoms with E-state index < -0.39 is 22.9 Å². The number of amides is 2. The standard InChI is InChI=1S/C18H21F3N4O2S/c1-10(2)7-11(3)24-25-17-23-16(27)14(28-17)9-15(26)22-13-6-4-5-12(8-13)18(19,20)21/h4-6,8,10,14H,7,9H2,1-3H3,(H,22,26)(H,23,25,27)/t14-/m1/s1. The van der Waals surface area contributed by atoms with Crippen LogP contribution in [-0.4, -0.2) is 27.9 Å². The van der Waals surface area contributed by atoms with Crippen molar-refractivity contribution in [1.29, 1.82) is 0 Å². The minimum Gasteiger partial charge on any atom is -0.326 e. The lowest BCUT2D eigenvalue weighted by molar-refractivity contribution is -0.137. The normalized spacial score (nSPS) is 19.2. The minimum atomic E-state index is -4.50. The summed E-state index contributed by atoms with van der Waals surface area (Å²) in [5, 5.41) is 12.6. The third-order valence-corrected chi connectivity index (χ3v) is 4.71. The number of hydrogen-bond acceptors (Lipinski definition) is 5. The van der Waals surface area contributed by atoms with Gasteiger partial charge in [0.25, 0.3) is 0 Å². The summed E-state index contributed by atoms with van der Waals surface area (Å²) in [6.45, 7) is 5.94. The first-order chi connectivity index (χ1) is 13.0. The SMILES string of the molecule is CC(CC(C)C)=NN=C1NC(=O)[C@@H](CC(=O)Nc2cccc(C(F)(F)F)c2)S1. The first-order valence-corrected chi connectivity index (χ1v) is 9.48. The average Bonchev–Trinajstić information content (AvgIpc) is 2.91. The van der Waals surface area contributed by atoms with E-state index in [-0.39, 0.29) is 18.0 Å². The van der Waals surface area contributed by atoms with E-state index in [4.69, 9.17) is 0 Å². The molecule has 0 aliphatic carbocycles. The molecule has 1 aliphatic rings. The van der Waals surface area contributed by atoms with Crippen LogP contribution in [0.3, 0.4) is 0 Å². The van der Waals surface area contributed by atoms with Crippen LogP contribution in [0.2, 0.25) is 0 Å². The molecule has 0 aromatic heterocycles. The molecule has 0 spiro atoms. The second kappa shape index (κ2) is 9.22. The Hall–Kier alpha value is -2.36. The molecule has 1 saturated heterocycles. The van der Waals surface area contributed by atoms with Crippen LogP contribution in [-0.2, 0) is 15.8 Å². The van der Waals surface area contributed by atoms with Gasteiger partial charge < -0.3 is 10.6 Å². The van der Waals surface area contributed by atoms with Gasteiger partial charge in [0.2, 0.25) is 11.8 Å². The summed E-state index contributed by atoms with van der Waals surface area (Å²) in [7, 11) is 0. The molecule has 0 saturated carbocycles. The Morgan fingerprint density at radius 1 is 1.36 bits per heavy atom. The van der Waals surface area contributed by atoms with Gasteiger partial charge in [-0.3, -0.25) is 9.59 Å². The molecular formula is C18H21F3N4O2S. The number of carbonyl (C=O) groups is 2. The maximum absolute atomic E-state index is 12.7. The van der Waals surface area contributed by atoms with E-state index in [9.17, 15) is 22.8 Å². The fraction of sp³-hybridized carbons (Fsp3) is 0.444. The molecule has 1 heterocycles. The van der Waals surface area contributed by atoms with Crippen LogP contribution in [0, 0.1) is 5.92 Å². The predicted molar refractivity (Wildman–Crippen MR) is 104 cm³/mol. The Bertz CT molecular complexity index is 806. The number of alkyl halides is 3. The maximum atomic E-state index is 12.7. The van der Waals surface area contributed by atoms with Gasteiger partial charge in [0, 0.05) is 17.8 Å². The van der Waals surface area contributed by atoms with Gasteiger partial charge in [-0.1, -0.05) is 31.7 Å². The minimum absolute atomic E-state index is 0.0195. The number of carbonyl (C=O) groups excluding carboxylic acids is 2. The van der Waals surface area contributed by atoms with Gasteiger partial charge in [-0.05, 0) is 37.5 Å². The molecule has 0 bridgehead atoms. The van der Waals surface area contributed by atoms with Crippen molar-refractivity contribution in [2.75, 3.05) is 5.32 Å². The summed E-state index contributed by atoms with van der Waals surface area (Å²) >= 11 is 1.07. The highest BCUT2D eigenvalue weighted by Crippen LogP contribution is 2.31. The summed E-state index contributed by atoms with van der Waals surface area (Å²) in [6, 6.07) is 4.32. The Morgan fingerprint density at radius 3 is 2.71 bits per heavy atom. The van der Waals surface area contributed by atoms with Crippen LogP contribution in [0.25, 0.3) is 0 Å². The number of benzene rings is 1. The third-order valence-electron chi connectivity index (χ3n) is 3.64. The summed E-state index contributed by atoms with van der Waals surface area (Å²) in [5.74, 6) is -0.519. The van der Waals surface area contributed by atoms with Crippen molar-refractivity contribution in [1.82, 2.24) is 5.32 Å². The Morgan fingerprint density at radius 2 is 2.07 bits per heavy atom. The van der Waals surface area contributed by atoms with Crippen LogP contribution >= 0.6 is 11.8 Å². The van der Waals surface area contributed by atoms with Crippen LogP contribution in [0.15, 0.2) is 34.5 Å². The highest BCUT2D eigenvalue weighted by atomic mass is 32.2. The summed E-state index contributed by atoms with van der Waals surface area (Å²) < 4.78 is 38.2. The van der Waals surface area contributed by atoms with Gasteiger partial charge in [-0.2, -0.15) is 18.3 Å². The van der Waals surface area contributed by atoms with Crippen molar-refractivity contribution < 1.29 is 22.8 Å². The number of thioether (sulfide) groups is 1. The molecule has 152 valence electrons. The number of nitrogens with zero attached hydrogens (tertiary/aromatic N) is 2. The first kappa shape index (κ1) is 21.9. The number of hydrogen-bond donors (Lipinski definition) is 2. The topological polar surface area (TPSA) is 82.9 Å². The Labute approximate surface area is 165 Å². The zero-order valence-electron chi connectivity index (χ0n) is 15.6. The van der Waals surface area contributed by atoms with Gasteiger partial charge in [0.15, 0.2) is 5.17 Å². The lowest BCUT2D eigenvalue weighted by Crippen LogP contribution is -2.28. The van der Waals surface area contributed by atoms with E-state index in [1.807, 2.05) is 6.92 Å². The van der Waals surface area contributed by atoms with Gasteiger partial charge in [-0.15, -0.1) is 5.10 Å². The van der Waals surface area contributed by atoms with Crippen LogP contribution in [0.1, 0.15) is 39.2 Å². The Kier molecular flexibility index (Phi) is 7.22. The molecule has 10 heteroatoms. The molecule has 2 rings (SSSR count). The molecule has 1 aliphatic heterocycles. The first-order valence-electron chi connectivity index (χ1n) is 8.60. The summed E-state index contributed by atoms with van der Waals surface area (Å²) in [5.41, 5.74) is -0.0172. The molecule has 1 aromatic rings. The highest BCUT2D eigenvalue weighted by Gasteiger charge is 2.33. The lowest BCUT2D eigenvalue weighted by Gasteiger charge is -2.10. The molecular weight excluding hydrogens is 393 g/mol. The van der Waals surface area contributed by atoms with Crippen LogP contribution < -0.4 is 10.6 Å². The molecule has 0 radical (unpaired) electrons. The fourth-order valence-corrected chi connectivity index (χ4v) is 3.42. The molecule has 2 amide bonds. The second-order valence-electron chi connectivity index (χ2n) is 6.77. The van der Waals surface area contributed by atoms with Gasteiger partial charge in [0.05, 0.1) is 5.56 Å². The summed E-state index contributed by atoms with van der Waals surface area (Å²) in [6.07, 6.45) is -3.92. The Balaban J connectivity index is 1.95. The van der Waals surface area contributed by atoms with Crippen molar-refractivity contribution in [2.24, 2.45) is 16.1 Å². The number of halogens is 3. The van der Waals surface area contributed by atoms with E-state index >= 15 is 0 Å². The quantitative estimate of drug-likeness (QED) is 0.544. The van der Waals surface area contributed by atoms with E-state index in [0.29, 0.717) is 11.1 Å².